The van der Waals surface area contributed by atoms with Crippen molar-refractivity contribution in [3.05, 3.63) is 36.7 Å². The van der Waals surface area contributed by atoms with Crippen LogP contribution < -0.4 is 11.1 Å². The van der Waals surface area contributed by atoms with Crippen LogP contribution in [0.25, 0.3) is 0 Å². The SMILES string of the molecule is CC(C)Nc1cc(Sc2ccccc2N)ncn1. The molecule has 0 aliphatic rings. The normalized spacial score (nSPS) is 10.6. The van der Waals surface area contributed by atoms with Crippen LogP contribution in [0, 0.1) is 0 Å². The van der Waals surface area contributed by atoms with Gasteiger partial charge in [0.1, 0.15) is 17.2 Å². The van der Waals surface area contributed by atoms with Crippen molar-refractivity contribution in [3.63, 3.8) is 0 Å². The van der Waals surface area contributed by atoms with Gasteiger partial charge in [0.15, 0.2) is 0 Å². The Balaban J connectivity index is 2.17. The van der Waals surface area contributed by atoms with E-state index in [0.29, 0.717) is 6.04 Å². The van der Waals surface area contributed by atoms with E-state index >= 15 is 0 Å². The van der Waals surface area contributed by atoms with E-state index in [2.05, 4.69) is 29.1 Å². The molecule has 0 bridgehead atoms. The molecule has 2 rings (SSSR count). The average Bonchev–Trinajstić information content (AvgIpc) is 2.32. The van der Waals surface area contributed by atoms with Gasteiger partial charge in [0.2, 0.25) is 0 Å². The molecule has 5 heteroatoms. The fraction of sp³-hybridized carbons (Fsp3) is 0.231. The first kappa shape index (κ1) is 12.7. The first-order chi connectivity index (χ1) is 8.65. The Morgan fingerprint density at radius 1 is 1.22 bits per heavy atom. The van der Waals surface area contributed by atoms with E-state index in [9.17, 15) is 0 Å². The highest BCUT2D eigenvalue weighted by Gasteiger charge is 2.04. The van der Waals surface area contributed by atoms with Gasteiger partial charge in [-0.25, -0.2) is 9.97 Å². The summed E-state index contributed by atoms with van der Waals surface area (Å²) in [4.78, 5) is 9.42. The first-order valence-electron chi connectivity index (χ1n) is 5.76. The van der Waals surface area contributed by atoms with Gasteiger partial charge in [0.25, 0.3) is 0 Å². The summed E-state index contributed by atoms with van der Waals surface area (Å²) in [7, 11) is 0. The number of anilines is 2. The van der Waals surface area contributed by atoms with Crippen molar-refractivity contribution in [2.24, 2.45) is 0 Å². The quantitative estimate of drug-likeness (QED) is 0.653. The second-order valence-electron chi connectivity index (χ2n) is 4.18. The van der Waals surface area contributed by atoms with Crippen LogP contribution in [0.2, 0.25) is 0 Å². The number of nitrogens with zero attached hydrogens (tertiary/aromatic N) is 2. The summed E-state index contributed by atoms with van der Waals surface area (Å²) in [6.45, 7) is 4.15. The fourth-order valence-corrected chi connectivity index (χ4v) is 2.28. The van der Waals surface area contributed by atoms with Crippen LogP contribution >= 0.6 is 11.8 Å². The molecular weight excluding hydrogens is 244 g/mol. The van der Waals surface area contributed by atoms with Crippen molar-refractivity contribution < 1.29 is 0 Å². The van der Waals surface area contributed by atoms with E-state index in [4.69, 9.17) is 5.73 Å². The van der Waals surface area contributed by atoms with E-state index < -0.39 is 0 Å². The Labute approximate surface area is 111 Å². The molecule has 0 aliphatic heterocycles. The van der Waals surface area contributed by atoms with Crippen LogP contribution in [0.4, 0.5) is 11.5 Å². The van der Waals surface area contributed by atoms with Gasteiger partial charge in [-0.15, -0.1) is 0 Å². The van der Waals surface area contributed by atoms with Crippen LogP contribution in [0.1, 0.15) is 13.8 Å². The predicted molar refractivity (Wildman–Crippen MR) is 75.8 cm³/mol. The highest BCUT2D eigenvalue weighted by molar-refractivity contribution is 7.99. The number of hydrogen-bond donors (Lipinski definition) is 2. The lowest BCUT2D eigenvalue weighted by Gasteiger charge is -2.09. The number of para-hydroxylation sites is 1. The molecule has 2 aromatic rings. The van der Waals surface area contributed by atoms with Crippen LogP contribution in [0.3, 0.4) is 0 Å². The van der Waals surface area contributed by atoms with Gasteiger partial charge in [0.05, 0.1) is 0 Å². The molecule has 4 nitrogen and oxygen atoms in total. The minimum atomic E-state index is 0.347. The molecule has 94 valence electrons. The van der Waals surface area contributed by atoms with Crippen molar-refractivity contribution in [1.82, 2.24) is 9.97 Å². The smallest absolute Gasteiger partial charge is 0.130 e. The molecule has 18 heavy (non-hydrogen) atoms. The molecule has 0 saturated heterocycles. The monoisotopic (exact) mass is 260 g/mol. The third-order valence-electron chi connectivity index (χ3n) is 2.21. The molecule has 0 aliphatic carbocycles. The molecule has 0 unspecified atom stereocenters. The van der Waals surface area contributed by atoms with E-state index in [-0.39, 0.29) is 0 Å². The van der Waals surface area contributed by atoms with E-state index in [1.54, 1.807) is 6.33 Å². The number of aromatic nitrogens is 2. The second-order valence-corrected chi connectivity index (χ2v) is 5.24. The fourth-order valence-electron chi connectivity index (χ4n) is 1.46. The summed E-state index contributed by atoms with van der Waals surface area (Å²) in [5.41, 5.74) is 6.67. The second kappa shape index (κ2) is 5.73. The summed E-state index contributed by atoms with van der Waals surface area (Å²) >= 11 is 1.54. The molecule has 1 aromatic heterocycles. The highest BCUT2D eigenvalue weighted by Crippen LogP contribution is 2.30. The van der Waals surface area contributed by atoms with Gasteiger partial charge in [-0.2, -0.15) is 0 Å². The van der Waals surface area contributed by atoms with Crippen molar-refractivity contribution in [2.75, 3.05) is 11.1 Å². The van der Waals surface area contributed by atoms with Gasteiger partial charge < -0.3 is 11.1 Å². The number of nitrogens with two attached hydrogens (primary N) is 1. The molecular formula is C13H16N4S. The Morgan fingerprint density at radius 3 is 2.72 bits per heavy atom. The first-order valence-corrected chi connectivity index (χ1v) is 6.58. The van der Waals surface area contributed by atoms with Gasteiger partial charge >= 0.3 is 0 Å². The summed E-state index contributed by atoms with van der Waals surface area (Å²) in [6.07, 6.45) is 1.56. The highest BCUT2D eigenvalue weighted by atomic mass is 32.2. The zero-order valence-corrected chi connectivity index (χ0v) is 11.2. The Hall–Kier alpha value is -1.75. The van der Waals surface area contributed by atoms with Crippen LogP contribution in [0.15, 0.2) is 46.6 Å². The Bertz CT molecular complexity index is 528. The lowest BCUT2D eigenvalue weighted by Crippen LogP contribution is -2.11. The third kappa shape index (κ3) is 3.37. The number of rotatable bonds is 4. The van der Waals surface area contributed by atoms with Crippen molar-refractivity contribution in [3.8, 4) is 0 Å². The largest absolute Gasteiger partial charge is 0.398 e. The van der Waals surface area contributed by atoms with E-state index in [1.165, 1.54) is 11.8 Å². The Kier molecular flexibility index (Phi) is 4.04. The molecule has 1 heterocycles. The summed E-state index contributed by atoms with van der Waals surface area (Å²) < 4.78 is 0. The third-order valence-corrected chi connectivity index (χ3v) is 3.24. The van der Waals surface area contributed by atoms with Crippen LogP contribution in [0.5, 0.6) is 0 Å². The van der Waals surface area contributed by atoms with E-state index in [1.807, 2.05) is 30.3 Å². The predicted octanol–water partition coefficient (Wildman–Crippen LogP) is 3.03. The number of nitrogens with one attached hydrogen (secondary N) is 1. The molecule has 0 spiro atoms. The number of nitrogen functional groups attached to an aromatic ring is 1. The molecule has 1 aromatic carbocycles. The van der Waals surface area contributed by atoms with E-state index in [0.717, 1.165) is 21.4 Å². The lowest BCUT2D eigenvalue weighted by molar-refractivity contribution is 0.880. The summed E-state index contributed by atoms with van der Waals surface area (Å²) in [5, 5.41) is 4.13. The van der Waals surface area contributed by atoms with Gasteiger partial charge in [-0.3, -0.25) is 0 Å². The van der Waals surface area contributed by atoms with Crippen LogP contribution in [-0.2, 0) is 0 Å². The molecule has 0 fully saturated rings. The van der Waals surface area contributed by atoms with Crippen molar-refractivity contribution in [1.29, 1.82) is 0 Å². The van der Waals surface area contributed by atoms with Crippen molar-refractivity contribution >= 4 is 23.3 Å². The molecule has 0 amide bonds. The number of benzene rings is 1. The number of hydrogen-bond acceptors (Lipinski definition) is 5. The van der Waals surface area contributed by atoms with Gasteiger partial charge in [-0.05, 0) is 26.0 Å². The average molecular weight is 260 g/mol. The maximum absolute atomic E-state index is 5.91. The molecule has 0 saturated carbocycles. The van der Waals surface area contributed by atoms with Gasteiger partial charge in [-0.1, -0.05) is 23.9 Å². The lowest BCUT2D eigenvalue weighted by atomic mass is 10.3. The zero-order valence-electron chi connectivity index (χ0n) is 10.4. The van der Waals surface area contributed by atoms with Gasteiger partial charge in [0, 0.05) is 22.7 Å². The van der Waals surface area contributed by atoms with Crippen LogP contribution in [-0.4, -0.2) is 16.0 Å². The minimum absolute atomic E-state index is 0.347. The maximum Gasteiger partial charge on any atom is 0.130 e. The topological polar surface area (TPSA) is 63.8 Å². The molecule has 3 N–H and O–H groups in total. The summed E-state index contributed by atoms with van der Waals surface area (Å²) in [5.74, 6) is 0.831. The molecule has 0 radical (unpaired) electrons. The molecule has 0 atom stereocenters. The Morgan fingerprint density at radius 2 is 2.00 bits per heavy atom. The standard InChI is InChI=1S/C13H16N4S/c1-9(2)17-12-7-13(16-8-15-12)18-11-6-4-3-5-10(11)14/h3-9H,14H2,1-2H3,(H,15,16,17). The minimum Gasteiger partial charge on any atom is -0.398 e. The summed E-state index contributed by atoms with van der Waals surface area (Å²) in [6, 6.07) is 10.0. The van der Waals surface area contributed by atoms with Crippen molar-refractivity contribution in [2.45, 2.75) is 29.8 Å². The zero-order chi connectivity index (χ0) is 13.0. The maximum atomic E-state index is 5.91.